The van der Waals surface area contributed by atoms with Crippen LogP contribution in [0.2, 0.25) is 5.02 Å². The third kappa shape index (κ3) is 6.94. The number of hydrogen-bond donors (Lipinski definition) is 1. The molecule has 25 heavy (non-hydrogen) atoms. The number of benzene rings is 1. The first kappa shape index (κ1) is 20.2. The van der Waals surface area contributed by atoms with Gasteiger partial charge in [-0.3, -0.25) is 9.69 Å². The van der Waals surface area contributed by atoms with Crippen LogP contribution in [0.25, 0.3) is 0 Å². The third-order valence-electron chi connectivity index (χ3n) is 4.17. The van der Waals surface area contributed by atoms with Crippen molar-refractivity contribution in [3.8, 4) is 0 Å². The van der Waals surface area contributed by atoms with Gasteiger partial charge in [0.2, 0.25) is 5.91 Å². The fourth-order valence-corrected chi connectivity index (χ4v) is 3.11. The summed E-state index contributed by atoms with van der Waals surface area (Å²) in [6, 6.07) is 7.88. The molecular formula is C19H29ClN2O3. The Labute approximate surface area is 155 Å². The molecule has 1 unspecified atom stereocenters. The van der Waals surface area contributed by atoms with E-state index in [1.54, 1.807) is 0 Å². The molecule has 0 aliphatic carbocycles. The molecule has 1 atom stereocenters. The van der Waals surface area contributed by atoms with Crippen molar-refractivity contribution < 1.29 is 14.3 Å². The lowest BCUT2D eigenvalue weighted by atomic mass is 10.0. The van der Waals surface area contributed by atoms with Crippen LogP contribution in [0.5, 0.6) is 0 Å². The van der Waals surface area contributed by atoms with Crippen molar-refractivity contribution in [3.63, 3.8) is 0 Å². The van der Waals surface area contributed by atoms with Crippen LogP contribution in [0.15, 0.2) is 24.3 Å². The van der Waals surface area contributed by atoms with E-state index in [0.29, 0.717) is 45.3 Å². The molecule has 2 rings (SSSR count). The second-order valence-electron chi connectivity index (χ2n) is 6.71. The molecule has 1 fully saturated rings. The van der Waals surface area contributed by atoms with Gasteiger partial charge in [0.25, 0.3) is 0 Å². The molecule has 1 aromatic carbocycles. The minimum Gasteiger partial charge on any atom is -0.381 e. The van der Waals surface area contributed by atoms with E-state index in [9.17, 15) is 4.79 Å². The third-order valence-corrected chi connectivity index (χ3v) is 4.51. The number of carbonyl (C=O) groups is 1. The molecule has 1 aliphatic rings. The number of carbonyl (C=O) groups excluding carboxylic acids is 1. The van der Waals surface area contributed by atoms with Crippen LogP contribution in [-0.2, 0) is 14.3 Å². The van der Waals surface area contributed by atoms with Gasteiger partial charge in [0.1, 0.15) is 0 Å². The van der Waals surface area contributed by atoms with Gasteiger partial charge >= 0.3 is 0 Å². The summed E-state index contributed by atoms with van der Waals surface area (Å²) in [5.74, 6) is 0.489. The number of ether oxygens (including phenoxy) is 2. The van der Waals surface area contributed by atoms with Gasteiger partial charge in [-0.25, -0.2) is 0 Å². The average Bonchev–Trinajstić information content (AvgIpc) is 2.61. The Balaban J connectivity index is 1.90. The lowest BCUT2D eigenvalue weighted by molar-refractivity contribution is -0.122. The molecular weight excluding hydrogens is 340 g/mol. The number of morpholine rings is 1. The zero-order chi connectivity index (χ0) is 18.1. The molecule has 5 nitrogen and oxygen atoms in total. The number of hydrogen-bond acceptors (Lipinski definition) is 4. The Morgan fingerprint density at radius 2 is 2.04 bits per heavy atom. The molecule has 6 heteroatoms. The van der Waals surface area contributed by atoms with E-state index < -0.39 is 0 Å². The van der Waals surface area contributed by atoms with Crippen molar-refractivity contribution in [1.29, 1.82) is 0 Å². The molecule has 0 radical (unpaired) electrons. The second-order valence-corrected chi connectivity index (χ2v) is 7.12. The van der Waals surface area contributed by atoms with Gasteiger partial charge in [0.05, 0.1) is 25.9 Å². The van der Waals surface area contributed by atoms with Gasteiger partial charge in [0.15, 0.2) is 0 Å². The second kappa shape index (κ2) is 10.8. The standard InChI is InChI=1S/C19H29ClN2O3/c1-15(2)14-25-10-7-19(23)21-13-18(22-8-11-24-12-9-22)16-5-3-4-6-17(16)20/h3-6,15,18H,7-14H2,1-2H3,(H,21,23). The molecule has 1 saturated heterocycles. The highest BCUT2D eigenvalue weighted by Crippen LogP contribution is 2.27. The molecule has 140 valence electrons. The van der Waals surface area contributed by atoms with Crippen molar-refractivity contribution in [3.05, 3.63) is 34.9 Å². The summed E-state index contributed by atoms with van der Waals surface area (Å²) in [7, 11) is 0. The van der Waals surface area contributed by atoms with E-state index >= 15 is 0 Å². The minimum absolute atomic E-state index is 0.00840. The number of nitrogens with one attached hydrogen (secondary N) is 1. The predicted molar refractivity (Wildman–Crippen MR) is 99.9 cm³/mol. The lowest BCUT2D eigenvalue weighted by Gasteiger charge is -2.35. The first-order valence-electron chi connectivity index (χ1n) is 8.98. The van der Waals surface area contributed by atoms with Crippen LogP contribution in [0.3, 0.4) is 0 Å². The van der Waals surface area contributed by atoms with Gasteiger partial charge in [-0.1, -0.05) is 43.6 Å². The number of rotatable bonds is 9. The highest BCUT2D eigenvalue weighted by Gasteiger charge is 2.24. The van der Waals surface area contributed by atoms with Crippen LogP contribution in [0.4, 0.5) is 0 Å². The van der Waals surface area contributed by atoms with Crippen molar-refractivity contribution in [1.82, 2.24) is 10.2 Å². The van der Waals surface area contributed by atoms with E-state index in [0.717, 1.165) is 23.7 Å². The van der Waals surface area contributed by atoms with Crippen molar-refractivity contribution in [2.45, 2.75) is 26.3 Å². The van der Waals surface area contributed by atoms with Gasteiger partial charge in [0, 0.05) is 37.7 Å². The zero-order valence-corrected chi connectivity index (χ0v) is 15.9. The van der Waals surface area contributed by atoms with E-state index in [4.69, 9.17) is 21.1 Å². The maximum atomic E-state index is 12.1. The van der Waals surface area contributed by atoms with Crippen LogP contribution >= 0.6 is 11.6 Å². The fourth-order valence-electron chi connectivity index (χ4n) is 2.85. The van der Waals surface area contributed by atoms with E-state index in [2.05, 4.69) is 24.1 Å². The van der Waals surface area contributed by atoms with Crippen LogP contribution < -0.4 is 5.32 Å². The van der Waals surface area contributed by atoms with Crippen LogP contribution in [0.1, 0.15) is 31.9 Å². The molecule has 1 aliphatic heterocycles. The Morgan fingerprint density at radius 3 is 2.72 bits per heavy atom. The molecule has 0 spiro atoms. The topological polar surface area (TPSA) is 50.8 Å². The zero-order valence-electron chi connectivity index (χ0n) is 15.2. The number of amides is 1. The summed E-state index contributed by atoms with van der Waals surface area (Å²) >= 11 is 6.39. The SMILES string of the molecule is CC(C)COCCC(=O)NCC(c1ccccc1Cl)N1CCOCC1. The highest BCUT2D eigenvalue weighted by molar-refractivity contribution is 6.31. The maximum absolute atomic E-state index is 12.1. The van der Waals surface area contributed by atoms with E-state index in [1.807, 2.05) is 24.3 Å². The van der Waals surface area contributed by atoms with Gasteiger partial charge < -0.3 is 14.8 Å². The average molecular weight is 369 g/mol. The van der Waals surface area contributed by atoms with Gasteiger partial charge in [-0.15, -0.1) is 0 Å². The number of nitrogens with zero attached hydrogens (tertiary/aromatic N) is 1. The van der Waals surface area contributed by atoms with E-state index in [-0.39, 0.29) is 11.9 Å². The van der Waals surface area contributed by atoms with Gasteiger partial charge in [-0.2, -0.15) is 0 Å². The summed E-state index contributed by atoms with van der Waals surface area (Å²) in [5, 5.41) is 3.76. The van der Waals surface area contributed by atoms with Gasteiger partial charge in [-0.05, 0) is 17.5 Å². The molecule has 0 aromatic heterocycles. The quantitative estimate of drug-likeness (QED) is 0.681. The number of halogens is 1. The lowest BCUT2D eigenvalue weighted by Crippen LogP contribution is -2.44. The normalized spacial score (nSPS) is 16.8. The molecule has 0 saturated carbocycles. The van der Waals surface area contributed by atoms with E-state index in [1.165, 1.54) is 0 Å². The predicted octanol–water partition coefficient (Wildman–Crippen LogP) is 2.89. The van der Waals surface area contributed by atoms with Crippen molar-refractivity contribution >= 4 is 17.5 Å². The smallest absolute Gasteiger partial charge is 0.222 e. The molecule has 1 heterocycles. The molecule has 1 aromatic rings. The first-order valence-corrected chi connectivity index (χ1v) is 9.36. The Kier molecular flexibility index (Phi) is 8.68. The largest absolute Gasteiger partial charge is 0.381 e. The monoisotopic (exact) mass is 368 g/mol. The Hall–Kier alpha value is -1.14. The van der Waals surface area contributed by atoms with Crippen molar-refractivity contribution in [2.75, 3.05) is 46.1 Å². The summed E-state index contributed by atoms with van der Waals surface area (Å²) in [4.78, 5) is 14.4. The summed E-state index contributed by atoms with van der Waals surface area (Å²) in [6.07, 6.45) is 0.380. The van der Waals surface area contributed by atoms with Crippen LogP contribution in [0, 0.1) is 5.92 Å². The Bertz CT molecular complexity index is 533. The molecule has 1 amide bonds. The van der Waals surface area contributed by atoms with Crippen LogP contribution in [-0.4, -0.2) is 56.9 Å². The fraction of sp³-hybridized carbons (Fsp3) is 0.632. The summed E-state index contributed by atoms with van der Waals surface area (Å²) < 4.78 is 10.9. The Morgan fingerprint density at radius 1 is 1.32 bits per heavy atom. The molecule has 1 N–H and O–H groups in total. The minimum atomic E-state index is 0.00840. The maximum Gasteiger partial charge on any atom is 0.222 e. The highest BCUT2D eigenvalue weighted by atomic mass is 35.5. The first-order chi connectivity index (χ1) is 12.1. The molecule has 0 bridgehead atoms. The van der Waals surface area contributed by atoms with Crippen molar-refractivity contribution in [2.24, 2.45) is 5.92 Å². The summed E-state index contributed by atoms with van der Waals surface area (Å²) in [5.41, 5.74) is 1.04. The summed E-state index contributed by atoms with van der Waals surface area (Å²) in [6.45, 7) is 8.95.